The number of piperazine rings is 1. The van der Waals surface area contributed by atoms with Crippen molar-refractivity contribution < 1.29 is 27.1 Å². The fourth-order valence-electron chi connectivity index (χ4n) is 5.94. The monoisotopic (exact) mass is 627 g/mol. The average molecular weight is 628 g/mol. The van der Waals surface area contributed by atoms with Gasteiger partial charge in [0.2, 0.25) is 5.56 Å². The summed E-state index contributed by atoms with van der Waals surface area (Å²) in [5.74, 6) is -0.759. The van der Waals surface area contributed by atoms with Crippen LogP contribution in [0.5, 0.6) is 5.75 Å². The number of carbonyl (C=O) groups is 1. The Morgan fingerprint density at radius 2 is 1.78 bits per heavy atom. The van der Waals surface area contributed by atoms with E-state index in [4.69, 9.17) is 4.74 Å². The Balaban J connectivity index is 1.46. The minimum atomic E-state index is -4.93. The highest BCUT2D eigenvalue weighted by atomic mass is 19.4. The fraction of sp³-hybridized carbons (Fsp3) is 0.394. The largest absolute Gasteiger partial charge is 0.497 e. The van der Waals surface area contributed by atoms with Gasteiger partial charge in [0.1, 0.15) is 11.6 Å². The van der Waals surface area contributed by atoms with Crippen molar-refractivity contribution in [3.8, 4) is 5.75 Å². The van der Waals surface area contributed by atoms with Crippen LogP contribution >= 0.6 is 0 Å². The summed E-state index contributed by atoms with van der Waals surface area (Å²) in [5, 5.41) is 2.62. The molecule has 1 amide bonds. The zero-order valence-corrected chi connectivity index (χ0v) is 25.7. The zero-order chi connectivity index (χ0) is 32.5. The maximum absolute atomic E-state index is 15.9. The van der Waals surface area contributed by atoms with Crippen LogP contribution in [0.1, 0.15) is 47.3 Å². The van der Waals surface area contributed by atoms with Gasteiger partial charge in [0.15, 0.2) is 0 Å². The number of nitrogens with zero attached hydrogens (tertiary/aromatic N) is 3. The lowest BCUT2D eigenvalue weighted by molar-refractivity contribution is -0.138. The van der Waals surface area contributed by atoms with E-state index in [9.17, 15) is 22.8 Å². The summed E-state index contributed by atoms with van der Waals surface area (Å²) in [6.45, 7) is 7.07. The Morgan fingerprint density at radius 1 is 1.09 bits per heavy atom. The van der Waals surface area contributed by atoms with Crippen molar-refractivity contribution in [2.24, 2.45) is 0 Å². The summed E-state index contributed by atoms with van der Waals surface area (Å²) in [6.07, 6.45) is -1.68. The molecule has 240 valence electrons. The van der Waals surface area contributed by atoms with Crippen molar-refractivity contribution in [3.05, 3.63) is 93.2 Å². The van der Waals surface area contributed by atoms with Crippen molar-refractivity contribution in [1.29, 1.82) is 0 Å². The molecule has 0 spiro atoms. The van der Waals surface area contributed by atoms with E-state index in [0.29, 0.717) is 50.9 Å². The molecule has 0 bridgehead atoms. The van der Waals surface area contributed by atoms with Gasteiger partial charge in [0, 0.05) is 62.6 Å². The standard InChI is InChI=1S/C33H37F4N5O3/c1-20-17-42(18-21(2)40(20)3)30-15-28(34)25(23-9-11-41(12-10-23)19-22-5-7-24(45-4)8-6-22)13-29(30)39-32(44)26-16-38-31(43)14-27(26)33(35,36)37/h5-9,13-16,20-21H,10-12,17-19H2,1-4H3,(H,38,43)(H,39,44). The van der Waals surface area contributed by atoms with Crippen LogP contribution in [-0.4, -0.2) is 73.1 Å². The van der Waals surface area contributed by atoms with E-state index >= 15 is 4.39 Å². The number of hydrogen-bond donors (Lipinski definition) is 2. The Kier molecular flexibility index (Phi) is 9.36. The van der Waals surface area contributed by atoms with Gasteiger partial charge in [-0.3, -0.25) is 19.4 Å². The van der Waals surface area contributed by atoms with Gasteiger partial charge in [-0.1, -0.05) is 18.2 Å². The summed E-state index contributed by atoms with van der Waals surface area (Å²) < 4.78 is 62.4. The molecule has 2 N–H and O–H groups in total. The lowest BCUT2D eigenvalue weighted by Crippen LogP contribution is -2.55. The van der Waals surface area contributed by atoms with Crippen LogP contribution in [0.4, 0.5) is 28.9 Å². The van der Waals surface area contributed by atoms with E-state index in [2.05, 4.69) is 20.1 Å². The molecule has 5 rings (SSSR count). The first kappa shape index (κ1) is 32.2. The number of nitrogens with one attached hydrogen (secondary N) is 2. The smallest absolute Gasteiger partial charge is 0.417 e. The number of pyridine rings is 1. The summed E-state index contributed by atoms with van der Waals surface area (Å²) in [6, 6.07) is 11.2. The van der Waals surface area contributed by atoms with E-state index in [1.54, 1.807) is 7.11 Å². The summed E-state index contributed by atoms with van der Waals surface area (Å²) in [4.78, 5) is 33.6. The third kappa shape index (κ3) is 7.23. The molecule has 0 saturated carbocycles. The highest BCUT2D eigenvalue weighted by Gasteiger charge is 2.36. The molecule has 2 atom stereocenters. The Bertz CT molecular complexity index is 1620. The second-order valence-corrected chi connectivity index (χ2v) is 11.8. The lowest BCUT2D eigenvalue weighted by Gasteiger charge is -2.44. The third-order valence-electron chi connectivity index (χ3n) is 8.71. The topological polar surface area (TPSA) is 80.9 Å². The number of amides is 1. The van der Waals surface area contributed by atoms with Crippen LogP contribution in [0, 0.1) is 5.82 Å². The Morgan fingerprint density at radius 3 is 2.38 bits per heavy atom. The maximum Gasteiger partial charge on any atom is 0.417 e. The van der Waals surface area contributed by atoms with Crippen molar-refractivity contribution >= 4 is 22.9 Å². The number of alkyl halides is 3. The van der Waals surface area contributed by atoms with Crippen LogP contribution in [0.25, 0.3) is 5.57 Å². The highest BCUT2D eigenvalue weighted by Crippen LogP contribution is 2.37. The number of likely N-dealkylation sites (N-methyl/N-ethyl adjacent to an activating group) is 1. The van der Waals surface area contributed by atoms with Crippen LogP contribution in [0.3, 0.4) is 0 Å². The summed E-state index contributed by atoms with van der Waals surface area (Å²) in [5.41, 5.74) is -0.329. The molecule has 2 aromatic carbocycles. The van der Waals surface area contributed by atoms with Gasteiger partial charge >= 0.3 is 6.18 Å². The molecule has 2 aliphatic heterocycles. The van der Waals surface area contributed by atoms with Crippen molar-refractivity contribution in [2.45, 2.75) is 45.1 Å². The molecular weight excluding hydrogens is 590 g/mol. The number of aromatic nitrogens is 1. The molecule has 2 aliphatic rings. The number of benzene rings is 2. The summed E-state index contributed by atoms with van der Waals surface area (Å²) >= 11 is 0. The van der Waals surface area contributed by atoms with E-state index in [-0.39, 0.29) is 23.3 Å². The van der Waals surface area contributed by atoms with Crippen LogP contribution in [0.2, 0.25) is 0 Å². The van der Waals surface area contributed by atoms with Gasteiger partial charge < -0.3 is 19.9 Å². The van der Waals surface area contributed by atoms with Gasteiger partial charge in [0.25, 0.3) is 5.91 Å². The maximum atomic E-state index is 15.9. The normalized spacial score (nSPS) is 19.7. The SMILES string of the molecule is COc1ccc(CN2CC=C(c3cc(NC(=O)c4c[nH]c(=O)cc4C(F)(F)F)c(N4CC(C)N(C)C(C)C4)cc3F)CC2)cc1. The summed E-state index contributed by atoms with van der Waals surface area (Å²) in [7, 11) is 3.62. The number of H-pyrrole nitrogens is 1. The van der Waals surface area contributed by atoms with Crippen LogP contribution < -0.4 is 20.5 Å². The predicted molar refractivity (Wildman–Crippen MR) is 166 cm³/mol. The first-order valence-electron chi connectivity index (χ1n) is 14.8. The molecule has 8 nitrogen and oxygen atoms in total. The minimum Gasteiger partial charge on any atom is -0.497 e. The predicted octanol–water partition coefficient (Wildman–Crippen LogP) is 5.61. The minimum absolute atomic E-state index is 0.105. The Hall–Kier alpha value is -4.16. The highest BCUT2D eigenvalue weighted by molar-refractivity contribution is 6.07. The molecule has 3 heterocycles. The lowest BCUT2D eigenvalue weighted by atomic mass is 9.96. The number of ether oxygens (including phenoxy) is 1. The first-order chi connectivity index (χ1) is 21.3. The number of methoxy groups -OCH3 is 1. The molecule has 45 heavy (non-hydrogen) atoms. The average Bonchev–Trinajstić information content (AvgIpc) is 3.00. The van der Waals surface area contributed by atoms with Gasteiger partial charge in [-0.15, -0.1) is 0 Å². The molecule has 1 fully saturated rings. The molecule has 1 saturated heterocycles. The fourth-order valence-corrected chi connectivity index (χ4v) is 5.94. The van der Waals surface area contributed by atoms with E-state index in [0.717, 1.165) is 23.1 Å². The third-order valence-corrected chi connectivity index (χ3v) is 8.71. The molecule has 0 aliphatic carbocycles. The van der Waals surface area contributed by atoms with E-state index < -0.39 is 34.6 Å². The van der Waals surface area contributed by atoms with Gasteiger partial charge in [-0.25, -0.2) is 4.39 Å². The second-order valence-electron chi connectivity index (χ2n) is 11.8. The number of aromatic amines is 1. The van der Waals surface area contributed by atoms with E-state index in [1.165, 1.54) is 12.1 Å². The quantitative estimate of drug-likeness (QED) is 0.332. The zero-order valence-electron chi connectivity index (χ0n) is 25.7. The number of rotatable bonds is 7. The first-order valence-corrected chi connectivity index (χ1v) is 14.8. The molecule has 3 aromatic rings. The number of carbonyl (C=O) groups excluding carboxylic acids is 1. The van der Waals surface area contributed by atoms with Gasteiger partial charge in [-0.05, 0) is 62.7 Å². The van der Waals surface area contributed by atoms with Crippen molar-refractivity contribution in [3.63, 3.8) is 0 Å². The van der Waals surface area contributed by atoms with Gasteiger partial charge in [-0.2, -0.15) is 13.2 Å². The number of anilines is 2. The second kappa shape index (κ2) is 13.1. The molecule has 0 radical (unpaired) electrons. The van der Waals surface area contributed by atoms with E-state index in [1.807, 2.05) is 56.1 Å². The molecule has 1 aromatic heterocycles. The van der Waals surface area contributed by atoms with Gasteiger partial charge in [0.05, 0.1) is 29.6 Å². The van der Waals surface area contributed by atoms with Crippen LogP contribution in [-0.2, 0) is 12.7 Å². The van der Waals surface area contributed by atoms with Crippen molar-refractivity contribution in [2.75, 3.05) is 50.6 Å². The molecule has 2 unspecified atom stereocenters. The molecule has 12 heteroatoms. The number of hydrogen-bond acceptors (Lipinski definition) is 6. The number of halogens is 4. The Labute approximate surface area is 259 Å². The van der Waals surface area contributed by atoms with Crippen LogP contribution in [0.15, 0.2) is 59.5 Å². The van der Waals surface area contributed by atoms with Crippen molar-refractivity contribution in [1.82, 2.24) is 14.8 Å². The molecular formula is C33H37F4N5O3.